The highest BCUT2D eigenvalue weighted by molar-refractivity contribution is 6.23. The molecule has 118 valence electrons. The van der Waals surface area contributed by atoms with Gasteiger partial charge in [0.15, 0.2) is 5.58 Å². The van der Waals surface area contributed by atoms with Gasteiger partial charge in [0.05, 0.1) is 5.39 Å². The van der Waals surface area contributed by atoms with Crippen LogP contribution in [0.2, 0.25) is 0 Å². The summed E-state index contributed by atoms with van der Waals surface area (Å²) in [5.74, 6) is 0. The summed E-state index contributed by atoms with van der Waals surface area (Å²) >= 11 is 0. The van der Waals surface area contributed by atoms with Gasteiger partial charge in [0.25, 0.3) is 0 Å². The first-order valence-electron chi connectivity index (χ1n) is 8.30. The summed E-state index contributed by atoms with van der Waals surface area (Å²) in [5, 5.41) is 3.21. The molecule has 0 spiro atoms. The number of aromatic nitrogens is 1. The zero-order valence-corrected chi connectivity index (χ0v) is 13.3. The minimum absolute atomic E-state index is 0.826. The van der Waals surface area contributed by atoms with E-state index in [1.807, 2.05) is 54.6 Å². The molecule has 0 radical (unpaired) electrons. The third kappa shape index (κ3) is 1.59. The van der Waals surface area contributed by atoms with Gasteiger partial charge < -0.3 is 8.83 Å². The zero-order chi connectivity index (χ0) is 16.4. The summed E-state index contributed by atoms with van der Waals surface area (Å²) in [6.07, 6.45) is 0. The minimum Gasteiger partial charge on any atom is -0.454 e. The molecule has 0 atom stereocenters. The Morgan fingerprint density at radius 3 is 2.04 bits per heavy atom. The SMILES string of the molecule is c1ccc(-n2c3oc4ccccc4c3c3oc4ccccc4c32)cc1. The van der Waals surface area contributed by atoms with Crippen LogP contribution in [0, 0.1) is 0 Å². The molecule has 6 aromatic rings. The van der Waals surface area contributed by atoms with E-state index in [1.165, 1.54) is 0 Å². The van der Waals surface area contributed by atoms with Gasteiger partial charge in [-0.25, -0.2) is 0 Å². The third-order valence-corrected chi connectivity index (χ3v) is 4.81. The number of nitrogens with zero attached hydrogens (tertiary/aromatic N) is 1. The lowest BCUT2D eigenvalue weighted by Gasteiger charge is -2.04. The van der Waals surface area contributed by atoms with Crippen molar-refractivity contribution in [1.82, 2.24) is 4.57 Å². The molecule has 0 aliphatic heterocycles. The molecule has 0 N–H and O–H groups in total. The van der Waals surface area contributed by atoms with Crippen LogP contribution in [0.3, 0.4) is 0 Å². The summed E-state index contributed by atoms with van der Waals surface area (Å²) in [6, 6.07) is 26.6. The molecule has 0 unspecified atom stereocenters. The van der Waals surface area contributed by atoms with Gasteiger partial charge in [-0.1, -0.05) is 48.5 Å². The van der Waals surface area contributed by atoms with Gasteiger partial charge in [-0.2, -0.15) is 0 Å². The summed E-state index contributed by atoms with van der Waals surface area (Å²) in [5.41, 5.74) is 5.59. The largest absolute Gasteiger partial charge is 0.454 e. The van der Waals surface area contributed by atoms with Gasteiger partial charge in [-0.3, -0.25) is 4.57 Å². The van der Waals surface area contributed by atoms with Crippen molar-refractivity contribution in [2.24, 2.45) is 0 Å². The molecule has 3 aromatic heterocycles. The predicted molar refractivity (Wildman–Crippen MR) is 100 cm³/mol. The monoisotopic (exact) mass is 323 g/mol. The van der Waals surface area contributed by atoms with Crippen LogP contribution < -0.4 is 0 Å². The number of para-hydroxylation sites is 3. The molecule has 25 heavy (non-hydrogen) atoms. The highest BCUT2D eigenvalue weighted by Gasteiger charge is 2.23. The first-order chi connectivity index (χ1) is 12.4. The van der Waals surface area contributed by atoms with Gasteiger partial charge in [0.1, 0.15) is 16.7 Å². The molecule has 0 amide bonds. The Labute approximate surface area is 142 Å². The Morgan fingerprint density at radius 2 is 1.24 bits per heavy atom. The van der Waals surface area contributed by atoms with Crippen LogP contribution in [-0.2, 0) is 0 Å². The lowest BCUT2D eigenvalue weighted by Crippen LogP contribution is -1.91. The molecular weight excluding hydrogens is 310 g/mol. The number of hydrogen-bond acceptors (Lipinski definition) is 2. The van der Waals surface area contributed by atoms with E-state index in [-0.39, 0.29) is 0 Å². The van der Waals surface area contributed by atoms with Gasteiger partial charge >= 0.3 is 0 Å². The highest BCUT2D eigenvalue weighted by Crippen LogP contribution is 2.42. The average Bonchev–Trinajstić information content (AvgIpc) is 3.29. The Balaban J connectivity index is 1.94. The smallest absolute Gasteiger partial charge is 0.217 e. The fourth-order valence-corrected chi connectivity index (χ4v) is 3.76. The van der Waals surface area contributed by atoms with Crippen molar-refractivity contribution in [3.8, 4) is 5.69 Å². The topological polar surface area (TPSA) is 31.2 Å². The van der Waals surface area contributed by atoms with Crippen molar-refractivity contribution < 1.29 is 8.83 Å². The Bertz CT molecular complexity index is 1380. The van der Waals surface area contributed by atoms with Crippen LogP contribution >= 0.6 is 0 Å². The van der Waals surface area contributed by atoms with Crippen LogP contribution in [0.25, 0.3) is 49.8 Å². The van der Waals surface area contributed by atoms with Gasteiger partial charge in [-0.15, -0.1) is 0 Å². The van der Waals surface area contributed by atoms with E-state index >= 15 is 0 Å². The Hall–Kier alpha value is -3.46. The molecule has 0 fully saturated rings. The van der Waals surface area contributed by atoms with E-state index in [4.69, 9.17) is 8.83 Å². The first-order valence-corrected chi connectivity index (χ1v) is 8.30. The van der Waals surface area contributed by atoms with Crippen LogP contribution in [0.15, 0.2) is 87.7 Å². The van der Waals surface area contributed by atoms with Crippen LogP contribution in [-0.4, -0.2) is 4.57 Å². The fraction of sp³-hybridized carbons (Fsp3) is 0. The van der Waals surface area contributed by atoms with Crippen LogP contribution in [0.1, 0.15) is 0 Å². The van der Waals surface area contributed by atoms with Gasteiger partial charge in [-0.05, 0) is 30.3 Å². The lowest BCUT2D eigenvalue weighted by atomic mass is 10.2. The summed E-state index contributed by atoms with van der Waals surface area (Å²) in [6.45, 7) is 0. The molecule has 3 aromatic carbocycles. The normalized spacial score (nSPS) is 12.0. The van der Waals surface area contributed by atoms with Crippen molar-refractivity contribution in [2.75, 3.05) is 0 Å². The number of furan rings is 2. The maximum atomic E-state index is 6.25. The quantitative estimate of drug-likeness (QED) is 0.357. The van der Waals surface area contributed by atoms with E-state index < -0.39 is 0 Å². The maximum Gasteiger partial charge on any atom is 0.217 e. The molecule has 0 aliphatic carbocycles. The van der Waals surface area contributed by atoms with E-state index in [0.717, 1.165) is 49.8 Å². The molecule has 6 rings (SSSR count). The molecule has 0 bridgehead atoms. The van der Waals surface area contributed by atoms with Gasteiger partial charge in [0, 0.05) is 16.5 Å². The second-order valence-corrected chi connectivity index (χ2v) is 6.23. The summed E-state index contributed by atoms with van der Waals surface area (Å²) in [7, 11) is 0. The summed E-state index contributed by atoms with van der Waals surface area (Å²) < 4.78 is 14.6. The number of fused-ring (bicyclic) bond motifs is 7. The number of rotatable bonds is 1. The zero-order valence-electron chi connectivity index (χ0n) is 13.3. The fourth-order valence-electron chi connectivity index (χ4n) is 3.76. The second-order valence-electron chi connectivity index (χ2n) is 6.23. The molecular formula is C22H13NO2. The molecule has 0 aliphatic rings. The Morgan fingerprint density at radius 1 is 0.600 bits per heavy atom. The molecule has 3 heteroatoms. The molecule has 0 saturated carbocycles. The Kier molecular flexibility index (Phi) is 2.35. The first kappa shape index (κ1) is 12.9. The third-order valence-electron chi connectivity index (χ3n) is 4.81. The lowest BCUT2D eigenvalue weighted by molar-refractivity contribution is 0.645. The molecule has 3 heterocycles. The van der Waals surface area contributed by atoms with E-state index in [2.05, 4.69) is 28.8 Å². The summed E-state index contributed by atoms with van der Waals surface area (Å²) in [4.78, 5) is 0. The van der Waals surface area contributed by atoms with Crippen molar-refractivity contribution >= 4 is 44.1 Å². The van der Waals surface area contributed by atoms with Crippen LogP contribution in [0.5, 0.6) is 0 Å². The second kappa shape index (κ2) is 4.54. The number of hydrogen-bond donors (Lipinski definition) is 0. The predicted octanol–water partition coefficient (Wildman–Crippen LogP) is 6.28. The van der Waals surface area contributed by atoms with Gasteiger partial charge in [0.2, 0.25) is 5.71 Å². The van der Waals surface area contributed by atoms with Crippen molar-refractivity contribution in [1.29, 1.82) is 0 Å². The van der Waals surface area contributed by atoms with Crippen molar-refractivity contribution in [3.05, 3.63) is 78.9 Å². The van der Waals surface area contributed by atoms with Crippen molar-refractivity contribution in [2.45, 2.75) is 0 Å². The maximum absolute atomic E-state index is 6.25. The molecule has 3 nitrogen and oxygen atoms in total. The standard InChI is InChI=1S/C22H13NO2/c1-2-8-14(9-3-1)23-20-16-11-5-7-13-18(16)24-21(20)19-15-10-4-6-12-17(15)25-22(19)23/h1-13H. The van der Waals surface area contributed by atoms with E-state index in [1.54, 1.807) is 0 Å². The highest BCUT2D eigenvalue weighted by atomic mass is 16.4. The minimum atomic E-state index is 0.826. The number of benzene rings is 3. The average molecular weight is 323 g/mol. The van der Waals surface area contributed by atoms with Crippen LogP contribution in [0.4, 0.5) is 0 Å². The van der Waals surface area contributed by atoms with E-state index in [0.29, 0.717) is 0 Å². The van der Waals surface area contributed by atoms with Crippen molar-refractivity contribution in [3.63, 3.8) is 0 Å². The van der Waals surface area contributed by atoms with E-state index in [9.17, 15) is 0 Å². The molecule has 0 saturated heterocycles.